The van der Waals surface area contributed by atoms with E-state index in [1.54, 1.807) is 17.5 Å². The molecule has 1 fully saturated rings. The minimum atomic E-state index is 0.438. The number of aryl methyl sites for hydroxylation is 1. The zero-order chi connectivity index (χ0) is 15.6. The van der Waals surface area contributed by atoms with Gasteiger partial charge in [0.1, 0.15) is 17.2 Å². The standard InChI is InChI=1S/C15H15N5O2S/c1-10-16-8-12(14(17-10)20-3-5-21-6-4-20)15-18-13(19-22-15)11-2-7-23-9-11/h2,7-9H,3-6H2,1H3. The molecule has 23 heavy (non-hydrogen) atoms. The first-order chi connectivity index (χ1) is 11.3. The van der Waals surface area contributed by atoms with E-state index in [0.717, 1.165) is 30.0 Å². The Labute approximate surface area is 137 Å². The summed E-state index contributed by atoms with van der Waals surface area (Å²) in [4.78, 5) is 15.5. The van der Waals surface area contributed by atoms with E-state index in [2.05, 4.69) is 25.0 Å². The van der Waals surface area contributed by atoms with Gasteiger partial charge >= 0.3 is 0 Å². The fourth-order valence-corrected chi connectivity index (χ4v) is 3.10. The van der Waals surface area contributed by atoms with Crippen LogP contribution < -0.4 is 4.90 Å². The van der Waals surface area contributed by atoms with Crippen molar-refractivity contribution in [1.82, 2.24) is 20.1 Å². The van der Waals surface area contributed by atoms with Crippen LogP contribution in [0.5, 0.6) is 0 Å². The van der Waals surface area contributed by atoms with Gasteiger partial charge in [-0.05, 0) is 18.4 Å². The van der Waals surface area contributed by atoms with Gasteiger partial charge in [-0.3, -0.25) is 0 Å². The summed E-state index contributed by atoms with van der Waals surface area (Å²) in [5.41, 5.74) is 1.71. The van der Waals surface area contributed by atoms with Gasteiger partial charge in [-0.1, -0.05) is 5.16 Å². The average Bonchev–Trinajstić information content (AvgIpc) is 3.27. The normalized spacial score (nSPS) is 15.1. The highest BCUT2D eigenvalue weighted by molar-refractivity contribution is 7.08. The number of hydrogen-bond donors (Lipinski definition) is 0. The summed E-state index contributed by atoms with van der Waals surface area (Å²) in [6, 6.07) is 1.97. The van der Waals surface area contributed by atoms with Crippen LogP contribution in [0.3, 0.4) is 0 Å². The van der Waals surface area contributed by atoms with E-state index in [0.29, 0.717) is 30.8 Å². The predicted octanol–water partition coefficient (Wildman–Crippen LogP) is 2.40. The van der Waals surface area contributed by atoms with E-state index in [1.165, 1.54) is 0 Å². The Morgan fingerprint density at radius 3 is 2.87 bits per heavy atom. The summed E-state index contributed by atoms with van der Waals surface area (Å²) < 4.78 is 10.9. The van der Waals surface area contributed by atoms with Gasteiger partial charge in [-0.15, -0.1) is 0 Å². The number of rotatable bonds is 3. The fourth-order valence-electron chi connectivity index (χ4n) is 2.47. The highest BCUT2D eigenvalue weighted by Crippen LogP contribution is 2.30. The molecule has 118 valence electrons. The van der Waals surface area contributed by atoms with Crippen LogP contribution in [0.4, 0.5) is 5.82 Å². The lowest BCUT2D eigenvalue weighted by Gasteiger charge is -2.28. The van der Waals surface area contributed by atoms with Crippen LogP contribution in [0.2, 0.25) is 0 Å². The van der Waals surface area contributed by atoms with Crippen LogP contribution in [0.15, 0.2) is 27.5 Å². The minimum Gasteiger partial charge on any atom is -0.378 e. The molecule has 0 bridgehead atoms. The Kier molecular flexibility index (Phi) is 3.76. The fraction of sp³-hybridized carbons (Fsp3) is 0.333. The predicted molar refractivity (Wildman–Crippen MR) is 86.4 cm³/mol. The highest BCUT2D eigenvalue weighted by Gasteiger charge is 2.22. The van der Waals surface area contributed by atoms with E-state index >= 15 is 0 Å². The first-order valence-corrected chi connectivity index (χ1v) is 8.28. The molecular formula is C15H15N5O2S. The third-order valence-electron chi connectivity index (χ3n) is 3.64. The van der Waals surface area contributed by atoms with Crippen molar-refractivity contribution >= 4 is 17.2 Å². The maximum Gasteiger partial charge on any atom is 0.263 e. The van der Waals surface area contributed by atoms with Crippen molar-refractivity contribution in [3.63, 3.8) is 0 Å². The van der Waals surface area contributed by atoms with Crippen molar-refractivity contribution in [2.75, 3.05) is 31.2 Å². The molecule has 0 saturated carbocycles. The summed E-state index contributed by atoms with van der Waals surface area (Å²) in [6.45, 7) is 4.82. The molecule has 0 unspecified atom stereocenters. The van der Waals surface area contributed by atoms with Gasteiger partial charge in [0.25, 0.3) is 5.89 Å². The lowest BCUT2D eigenvalue weighted by Crippen LogP contribution is -2.37. The lowest BCUT2D eigenvalue weighted by atomic mass is 10.2. The molecule has 7 nitrogen and oxygen atoms in total. The van der Waals surface area contributed by atoms with Gasteiger partial charge in [0.2, 0.25) is 5.82 Å². The number of morpholine rings is 1. The summed E-state index contributed by atoms with van der Waals surface area (Å²) in [6.07, 6.45) is 1.75. The first kappa shape index (κ1) is 14.3. The van der Waals surface area contributed by atoms with Crippen molar-refractivity contribution in [1.29, 1.82) is 0 Å². The van der Waals surface area contributed by atoms with Crippen molar-refractivity contribution < 1.29 is 9.26 Å². The maximum atomic E-state index is 5.45. The molecule has 0 atom stereocenters. The van der Waals surface area contributed by atoms with E-state index in [4.69, 9.17) is 9.26 Å². The van der Waals surface area contributed by atoms with Crippen molar-refractivity contribution in [3.05, 3.63) is 28.8 Å². The topological polar surface area (TPSA) is 77.2 Å². The molecule has 3 aromatic heterocycles. The number of aromatic nitrogens is 4. The van der Waals surface area contributed by atoms with E-state index < -0.39 is 0 Å². The second-order valence-corrected chi connectivity index (χ2v) is 5.97. The Balaban J connectivity index is 1.73. The van der Waals surface area contributed by atoms with Gasteiger partial charge in [0.15, 0.2) is 0 Å². The molecule has 8 heteroatoms. The summed E-state index contributed by atoms with van der Waals surface area (Å²) >= 11 is 1.60. The molecule has 1 saturated heterocycles. The van der Waals surface area contributed by atoms with Crippen molar-refractivity contribution in [2.24, 2.45) is 0 Å². The van der Waals surface area contributed by atoms with Gasteiger partial charge in [0.05, 0.1) is 13.2 Å². The van der Waals surface area contributed by atoms with E-state index in [1.807, 2.05) is 23.8 Å². The third-order valence-corrected chi connectivity index (χ3v) is 4.32. The summed E-state index contributed by atoms with van der Waals surface area (Å²) in [5, 5.41) is 8.04. The summed E-state index contributed by atoms with van der Waals surface area (Å²) in [5.74, 6) is 2.55. The van der Waals surface area contributed by atoms with Crippen LogP contribution in [0, 0.1) is 6.92 Å². The molecule has 0 aromatic carbocycles. The Morgan fingerprint density at radius 1 is 1.22 bits per heavy atom. The molecule has 0 spiro atoms. The van der Waals surface area contributed by atoms with Crippen LogP contribution in [-0.4, -0.2) is 46.4 Å². The van der Waals surface area contributed by atoms with Crippen LogP contribution in [-0.2, 0) is 4.74 Å². The maximum absolute atomic E-state index is 5.45. The van der Waals surface area contributed by atoms with Gasteiger partial charge in [0, 0.05) is 30.2 Å². The first-order valence-electron chi connectivity index (χ1n) is 7.34. The van der Waals surface area contributed by atoms with Crippen LogP contribution in [0.25, 0.3) is 22.8 Å². The molecular weight excluding hydrogens is 314 g/mol. The molecule has 0 aliphatic carbocycles. The summed E-state index contributed by atoms with van der Waals surface area (Å²) in [7, 11) is 0. The van der Waals surface area contributed by atoms with Crippen LogP contribution in [0.1, 0.15) is 5.82 Å². The zero-order valence-corrected chi connectivity index (χ0v) is 13.4. The number of ether oxygens (including phenoxy) is 1. The lowest BCUT2D eigenvalue weighted by molar-refractivity contribution is 0.122. The van der Waals surface area contributed by atoms with E-state index in [9.17, 15) is 0 Å². The number of thiophene rings is 1. The molecule has 4 heterocycles. The third kappa shape index (κ3) is 2.82. The Bertz CT molecular complexity index is 796. The zero-order valence-electron chi connectivity index (χ0n) is 12.6. The minimum absolute atomic E-state index is 0.438. The second-order valence-electron chi connectivity index (χ2n) is 5.19. The molecule has 0 amide bonds. The quantitative estimate of drug-likeness (QED) is 0.730. The number of nitrogens with zero attached hydrogens (tertiary/aromatic N) is 5. The number of anilines is 1. The van der Waals surface area contributed by atoms with E-state index in [-0.39, 0.29) is 0 Å². The number of hydrogen-bond acceptors (Lipinski definition) is 8. The van der Waals surface area contributed by atoms with Crippen LogP contribution >= 0.6 is 11.3 Å². The van der Waals surface area contributed by atoms with Crippen molar-refractivity contribution in [2.45, 2.75) is 6.92 Å². The molecule has 0 radical (unpaired) electrons. The molecule has 3 aromatic rings. The highest BCUT2D eigenvalue weighted by atomic mass is 32.1. The molecule has 1 aliphatic heterocycles. The molecule has 1 aliphatic rings. The largest absolute Gasteiger partial charge is 0.378 e. The monoisotopic (exact) mass is 329 g/mol. The SMILES string of the molecule is Cc1ncc(-c2nc(-c3ccsc3)no2)c(N2CCOCC2)n1. The average molecular weight is 329 g/mol. The van der Waals surface area contributed by atoms with Gasteiger partial charge < -0.3 is 14.2 Å². The smallest absolute Gasteiger partial charge is 0.263 e. The Morgan fingerprint density at radius 2 is 2.09 bits per heavy atom. The second kappa shape index (κ2) is 6.05. The molecule has 4 rings (SSSR count). The molecule has 0 N–H and O–H groups in total. The van der Waals surface area contributed by atoms with Gasteiger partial charge in [-0.25, -0.2) is 9.97 Å². The Hall–Kier alpha value is -2.32. The van der Waals surface area contributed by atoms with Crippen molar-refractivity contribution in [3.8, 4) is 22.8 Å². The van der Waals surface area contributed by atoms with Gasteiger partial charge in [-0.2, -0.15) is 16.3 Å².